The minimum atomic E-state index is -4.46. The van der Waals surface area contributed by atoms with Gasteiger partial charge in [0.15, 0.2) is 11.7 Å². The third kappa shape index (κ3) is 5.44. The molecule has 29 heavy (non-hydrogen) atoms. The highest BCUT2D eigenvalue weighted by atomic mass is 32.1. The van der Waals surface area contributed by atoms with E-state index in [0.717, 1.165) is 28.1 Å². The van der Waals surface area contributed by atoms with E-state index in [2.05, 4.69) is 20.0 Å². The van der Waals surface area contributed by atoms with Crippen LogP contribution in [0.3, 0.4) is 0 Å². The van der Waals surface area contributed by atoms with Gasteiger partial charge in [-0.15, -0.1) is 11.3 Å². The molecule has 3 aromatic rings. The van der Waals surface area contributed by atoms with Crippen molar-refractivity contribution in [1.82, 2.24) is 9.97 Å². The molecule has 0 aliphatic rings. The smallest absolute Gasteiger partial charge is 0.422 e. The van der Waals surface area contributed by atoms with Crippen molar-refractivity contribution < 1.29 is 27.4 Å². The Hall–Kier alpha value is -3.14. The van der Waals surface area contributed by atoms with Gasteiger partial charge in [0.25, 0.3) is 5.91 Å². The number of pyridine rings is 1. The maximum absolute atomic E-state index is 12.4. The monoisotopic (exact) mass is 423 g/mol. The average molecular weight is 423 g/mol. The highest BCUT2D eigenvalue weighted by Gasteiger charge is 2.28. The van der Waals surface area contributed by atoms with Crippen LogP contribution in [-0.2, 0) is 0 Å². The molecular formula is C19H16F3N3O3S. The number of hydrogen-bond donors (Lipinski definition) is 1. The zero-order valence-corrected chi connectivity index (χ0v) is 16.2. The Bertz CT molecular complexity index is 987. The molecule has 10 heteroatoms. The van der Waals surface area contributed by atoms with Crippen LogP contribution < -0.4 is 14.8 Å². The van der Waals surface area contributed by atoms with E-state index in [9.17, 15) is 18.0 Å². The van der Waals surface area contributed by atoms with Crippen molar-refractivity contribution in [3.8, 4) is 22.9 Å². The van der Waals surface area contributed by atoms with Gasteiger partial charge in [-0.2, -0.15) is 13.2 Å². The summed E-state index contributed by atoms with van der Waals surface area (Å²) in [6.45, 7) is 0.444. The fourth-order valence-electron chi connectivity index (χ4n) is 2.39. The Kier molecular flexibility index (Phi) is 6.02. The molecule has 0 radical (unpaired) electrons. The molecule has 0 atom stereocenters. The Morgan fingerprint density at radius 1 is 1.17 bits per heavy atom. The molecule has 0 saturated heterocycles. The molecule has 0 aliphatic heterocycles. The van der Waals surface area contributed by atoms with Gasteiger partial charge >= 0.3 is 6.18 Å². The summed E-state index contributed by atoms with van der Waals surface area (Å²) >= 11 is 1.31. The number of amides is 1. The highest BCUT2D eigenvalue weighted by molar-refractivity contribution is 7.16. The number of ether oxygens (including phenoxy) is 2. The molecule has 152 valence electrons. The summed E-state index contributed by atoms with van der Waals surface area (Å²) in [6.07, 6.45) is -3.31. The second kappa shape index (κ2) is 8.48. The molecule has 2 aromatic heterocycles. The lowest BCUT2D eigenvalue weighted by Crippen LogP contribution is -2.19. The predicted molar refractivity (Wildman–Crippen MR) is 103 cm³/mol. The number of benzene rings is 1. The lowest BCUT2D eigenvalue weighted by Gasteiger charge is -2.08. The molecule has 1 amide bonds. The van der Waals surface area contributed by atoms with E-state index in [1.54, 1.807) is 7.11 Å². The van der Waals surface area contributed by atoms with Crippen LogP contribution in [0.4, 0.5) is 18.3 Å². The number of thiazole rings is 1. The summed E-state index contributed by atoms with van der Waals surface area (Å²) in [7, 11) is 1.58. The number of nitrogens with one attached hydrogen (secondary N) is 1. The third-order valence-corrected chi connectivity index (χ3v) is 4.65. The lowest BCUT2D eigenvalue weighted by atomic mass is 10.1. The van der Waals surface area contributed by atoms with Crippen LogP contribution >= 0.6 is 11.3 Å². The Morgan fingerprint density at radius 3 is 2.48 bits per heavy atom. The number of carbonyl (C=O) groups excluding carboxylic acids is 1. The van der Waals surface area contributed by atoms with Crippen molar-refractivity contribution in [2.24, 2.45) is 0 Å². The van der Waals surface area contributed by atoms with E-state index in [0.29, 0.717) is 5.13 Å². The quantitative estimate of drug-likeness (QED) is 0.621. The van der Waals surface area contributed by atoms with E-state index >= 15 is 0 Å². The fraction of sp³-hybridized carbons (Fsp3) is 0.211. The van der Waals surface area contributed by atoms with Crippen molar-refractivity contribution in [2.75, 3.05) is 19.0 Å². The molecule has 6 nitrogen and oxygen atoms in total. The largest absolute Gasteiger partial charge is 0.497 e. The molecular weight excluding hydrogens is 407 g/mol. The number of halogens is 3. The highest BCUT2D eigenvalue weighted by Crippen LogP contribution is 2.31. The molecule has 0 fully saturated rings. The number of carbonyl (C=O) groups is 1. The standard InChI is InChI=1S/C19H16F3N3O3S/c1-11-16(12-3-6-14(27-2)7-4-12)24-18(29-11)25-17(26)13-5-8-15(23-9-13)28-10-19(20,21)22/h3-9H,10H2,1-2H3,(H,24,25,26). The summed E-state index contributed by atoms with van der Waals surface area (Å²) < 4.78 is 46.1. The van der Waals surface area contributed by atoms with E-state index < -0.39 is 18.7 Å². The maximum atomic E-state index is 12.4. The molecule has 3 rings (SSSR count). The first kappa shape index (κ1) is 20.6. The minimum absolute atomic E-state index is 0.170. The van der Waals surface area contributed by atoms with Crippen LogP contribution in [0.15, 0.2) is 42.6 Å². The number of aromatic nitrogens is 2. The van der Waals surface area contributed by atoms with Gasteiger partial charge in [-0.25, -0.2) is 9.97 Å². The van der Waals surface area contributed by atoms with Crippen LogP contribution in [0.2, 0.25) is 0 Å². The third-order valence-electron chi connectivity index (χ3n) is 3.76. The Morgan fingerprint density at radius 2 is 1.90 bits per heavy atom. The van der Waals surface area contributed by atoms with Crippen molar-refractivity contribution >= 4 is 22.4 Å². The van der Waals surface area contributed by atoms with Gasteiger partial charge in [0.05, 0.1) is 18.4 Å². The predicted octanol–water partition coefficient (Wildman–Crippen LogP) is 4.72. The molecule has 0 unspecified atom stereocenters. The number of alkyl halides is 3. The molecule has 0 aliphatic carbocycles. The number of aryl methyl sites for hydroxylation is 1. The number of hydrogen-bond acceptors (Lipinski definition) is 6. The minimum Gasteiger partial charge on any atom is -0.497 e. The lowest BCUT2D eigenvalue weighted by molar-refractivity contribution is -0.154. The van der Waals surface area contributed by atoms with Gasteiger partial charge in [-0.3, -0.25) is 10.1 Å². The maximum Gasteiger partial charge on any atom is 0.422 e. The van der Waals surface area contributed by atoms with Gasteiger partial charge in [-0.05, 0) is 37.3 Å². The molecule has 0 bridgehead atoms. The molecule has 1 N–H and O–H groups in total. The first-order chi connectivity index (χ1) is 13.7. The van der Waals surface area contributed by atoms with Crippen molar-refractivity contribution in [3.63, 3.8) is 0 Å². The first-order valence-electron chi connectivity index (χ1n) is 8.34. The number of nitrogens with zero attached hydrogens (tertiary/aromatic N) is 2. The topological polar surface area (TPSA) is 73.3 Å². The van der Waals surface area contributed by atoms with Gasteiger partial charge in [0.2, 0.25) is 5.88 Å². The van der Waals surface area contributed by atoms with E-state index in [-0.39, 0.29) is 11.4 Å². The number of anilines is 1. The number of rotatable bonds is 6. The summed E-state index contributed by atoms with van der Waals surface area (Å²) in [4.78, 5) is 21.4. The van der Waals surface area contributed by atoms with Crippen molar-refractivity contribution in [3.05, 3.63) is 53.0 Å². The van der Waals surface area contributed by atoms with Gasteiger partial charge in [-0.1, -0.05) is 0 Å². The van der Waals surface area contributed by atoms with Crippen molar-refractivity contribution in [2.45, 2.75) is 13.1 Å². The summed E-state index contributed by atoms with van der Waals surface area (Å²) in [5.41, 5.74) is 1.79. The Balaban J connectivity index is 1.67. The van der Waals surface area contributed by atoms with Crippen LogP contribution in [0.1, 0.15) is 15.2 Å². The van der Waals surface area contributed by atoms with Crippen LogP contribution in [0.5, 0.6) is 11.6 Å². The second-order valence-electron chi connectivity index (χ2n) is 5.90. The van der Waals surface area contributed by atoms with E-state index in [4.69, 9.17) is 4.74 Å². The van der Waals surface area contributed by atoms with E-state index in [1.165, 1.54) is 23.5 Å². The fourth-order valence-corrected chi connectivity index (χ4v) is 3.22. The average Bonchev–Trinajstić information content (AvgIpc) is 3.06. The number of methoxy groups -OCH3 is 1. The zero-order chi connectivity index (χ0) is 21.0. The summed E-state index contributed by atoms with van der Waals surface area (Å²) in [5.74, 6) is 0.0333. The molecule has 0 spiro atoms. The summed E-state index contributed by atoms with van der Waals surface area (Å²) in [5, 5.41) is 3.07. The van der Waals surface area contributed by atoms with Gasteiger partial charge in [0.1, 0.15) is 5.75 Å². The van der Waals surface area contributed by atoms with E-state index in [1.807, 2.05) is 31.2 Å². The first-order valence-corrected chi connectivity index (χ1v) is 9.15. The van der Waals surface area contributed by atoms with Crippen LogP contribution in [0, 0.1) is 6.92 Å². The SMILES string of the molecule is COc1ccc(-c2nc(NC(=O)c3ccc(OCC(F)(F)F)nc3)sc2C)cc1. The van der Waals surface area contributed by atoms with Crippen LogP contribution in [-0.4, -0.2) is 35.8 Å². The van der Waals surface area contributed by atoms with Gasteiger partial charge < -0.3 is 9.47 Å². The zero-order valence-electron chi connectivity index (χ0n) is 15.4. The second-order valence-corrected chi connectivity index (χ2v) is 7.10. The molecule has 2 heterocycles. The van der Waals surface area contributed by atoms with Gasteiger partial charge in [0, 0.05) is 22.7 Å². The molecule has 1 aromatic carbocycles. The van der Waals surface area contributed by atoms with Crippen molar-refractivity contribution in [1.29, 1.82) is 0 Å². The Labute approximate surface area is 168 Å². The summed E-state index contributed by atoms with van der Waals surface area (Å²) in [6, 6.07) is 9.92. The van der Waals surface area contributed by atoms with Crippen LogP contribution in [0.25, 0.3) is 11.3 Å². The normalized spacial score (nSPS) is 11.2. The molecule has 0 saturated carbocycles.